The molecule has 3 unspecified atom stereocenters. The van der Waals surface area contributed by atoms with Crippen LogP contribution in [0.3, 0.4) is 0 Å². The molecule has 2 heterocycles. The highest BCUT2D eigenvalue weighted by Crippen LogP contribution is 2.47. The van der Waals surface area contributed by atoms with Crippen LogP contribution >= 0.6 is 11.6 Å². The molecule has 4 nitrogen and oxygen atoms in total. The number of benzene rings is 2. The number of hydrogen-bond donors (Lipinski definition) is 1. The number of hydrogen-bond acceptors (Lipinski definition) is 3. The molecule has 1 saturated heterocycles. The average Bonchev–Trinajstić information content (AvgIpc) is 3.33. The molecule has 31 heavy (non-hydrogen) atoms. The van der Waals surface area contributed by atoms with Crippen LogP contribution in [-0.4, -0.2) is 34.9 Å². The van der Waals surface area contributed by atoms with E-state index in [4.69, 9.17) is 11.6 Å². The van der Waals surface area contributed by atoms with Crippen molar-refractivity contribution in [3.8, 4) is 0 Å². The van der Waals surface area contributed by atoms with Crippen molar-refractivity contribution in [2.75, 3.05) is 18.4 Å². The van der Waals surface area contributed by atoms with Crippen LogP contribution < -0.4 is 5.32 Å². The first-order valence-electron chi connectivity index (χ1n) is 10.8. The fourth-order valence-electron chi connectivity index (χ4n) is 5.35. The van der Waals surface area contributed by atoms with Crippen LogP contribution in [0.4, 0.5) is 10.1 Å². The molecule has 2 fully saturated rings. The molecule has 1 aliphatic heterocycles. The van der Waals surface area contributed by atoms with Gasteiger partial charge in [-0.2, -0.15) is 0 Å². The number of halogens is 2. The summed E-state index contributed by atoms with van der Waals surface area (Å²) in [5, 5.41) is 4.57. The van der Waals surface area contributed by atoms with Gasteiger partial charge in [0, 0.05) is 35.4 Å². The van der Waals surface area contributed by atoms with E-state index in [0.717, 1.165) is 42.5 Å². The lowest BCUT2D eigenvalue weighted by molar-refractivity contribution is -0.120. The zero-order chi connectivity index (χ0) is 21.5. The molecule has 3 aromatic rings. The topological polar surface area (TPSA) is 45.2 Å². The first-order chi connectivity index (χ1) is 15.0. The Morgan fingerprint density at radius 2 is 1.84 bits per heavy atom. The van der Waals surface area contributed by atoms with Gasteiger partial charge < -0.3 is 5.32 Å². The minimum absolute atomic E-state index is 0.00875. The number of amides is 1. The summed E-state index contributed by atoms with van der Waals surface area (Å²) in [7, 11) is 0. The van der Waals surface area contributed by atoms with E-state index in [1.54, 1.807) is 24.3 Å². The molecule has 1 saturated carbocycles. The number of carbonyl (C=O) groups excluding carboxylic acids is 1. The first kappa shape index (κ1) is 20.4. The third-order valence-electron chi connectivity index (χ3n) is 7.00. The van der Waals surface area contributed by atoms with Crippen molar-refractivity contribution >= 4 is 34.1 Å². The lowest BCUT2D eigenvalue weighted by atomic mass is 9.93. The molecule has 4 atom stereocenters. The first-order valence-corrected chi connectivity index (χ1v) is 11.2. The average molecular weight is 438 g/mol. The third-order valence-corrected chi connectivity index (χ3v) is 7.25. The highest BCUT2D eigenvalue weighted by Gasteiger charge is 2.43. The van der Waals surface area contributed by atoms with E-state index in [9.17, 15) is 9.18 Å². The van der Waals surface area contributed by atoms with Gasteiger partial charge in [0.15, 0.2) is 0 Å². The van der Waals surface area contributed by atoms with Gasteiger partial charge in [-0.3, -0.25) is 14.7 Å². The third kappa shape index (κ3) is 4.04. The van der Waals surface area contributed by atoms with Gasteiger partial charge in [-0.15, -0.1) is 0 Å². The van der Waals surface area contributed by atoms with Crippen LogP contribution in [0.25, 0.3) is 10.9 Å². The number of nitrogens with zero attached hydrogens (tertiary/aromatic N) is 2. The summed E-state index contributed by atoms with van der Waals surface area (Å²) in [5.41, 5.74) is 2.82. The SMILES string of the molecule is CC(C(=O)Nc1ccc(Cl)cc1)N1CC2CC(c3ccnc4ccc(F)cc34)C[C@@H]2C1. The second kappa shape index (κ2) is 8.21. The van der Waals surface area contributed by atoms with Crippen LogP contribution in [0.1, 0.15) is 31.2 Å². The van der Waals surface area contributed by atoms with Gasteiger partial charge in [-0.05, 0) is 91.6 Å². The summed E-state index contributed by atoms with van der Waals surface area (Å²) >= 11 is 5.92. The molecule has 2 aliphatic rings. The minimum Gasteiger partial charge on any atom is -0.325 e. The minimum atomic E-state index is -0.216. The Kier molecular flexibility index (Phi) is 5.40. The summed E-state index contributed by atoms with van der Waals surface area (Å²) in [6, 6.07) is 13.9. The Bertz CT molecular complexity index is 1110. The van der Waals surface area contributed by atoms with Gasteiger partial charge in [0.2, 0.25) is 5.91 Å². The number of pyridine rings is 1. The zero-order valence-electron chi connectivity index (χ0n) is 17.4. The largest absolute Gasteiger partial charge is 0.325 e. The Labute approximate surface area is 186 Å². The van der Waals surface area contributed by atoms with E-state index in [2.05, 4.69) is 15.2 Å². The fourth-order valence-corrected chi connectivity index (χ4v) is 5.47. The van der Waals surface area contributed by atoms with Crippen LogP contribution in [0, 0.1) is 17.7 Å². The molecular formula is C25H25ClFN3O. The van der Waals surface area contributed by atoms with Crippen molar-refractivity contribution in [3.05, 3.63) is 71.1 Å². The van der Waals surface area contributed by atoms with Gasteiger partial charge in [0.1, 0.15) is 5.82 Å². The molecule has 0 radical (unpaired) electrons. The number of aromatic nitrogens is 1. The van der Waals surface area contributed by atoms with E-state index in [1.165, 1.54) is 11.6 Å². The molecule has 1 N–H and O–H groups in total. The van der Waals surface area contributed by atoms with Crippen molar-refractivity contribution in [1.29, 1.82) is 0 Å². The maximum Gasteiger partial charge on any atom is 0.241 e. The van der Waals surface area contributed by atoms with Gasteiger partial charge in [0.25, 0.3) is 0 Å². The summed E-state index contributed by atoms with van der Waals surface area (Å²) < 4.78 is 13.8. The number of rotatable bonds is 4. The van der Waals surface area contributed by atoms with E-state index in [1.807, 2.05) is 31.3 Å². The van der Waals surface area contributed by atoms with E-state index in [-0.39, 0.29) is 17.8 Å². The summed E-state index contributed by atoms with van der Waals surface area (Å²) in [4.78, 5) is 19.4. The molecule has 160 valence electrons. The predicted octanol–water partition coefficient (Wildman–Crippen LogP) is 5.48. The normalized spacial score (nSPS) is 24.3. The Morgan fingerprint density at radius 1 is 1.13 bits per heavy atom. The predicted molar refractivity (Wildman–Crippen MR) is 122 cm³/mol. The monoisotopic (exact) mass is 437 g/mol. The lowest BCUT2D eigenvalue weighted by Gasteiger charge is -2.25. The smallest absolute Gasteiger partial charge is 0.241 e. The van der Waals surface area contributed by atoms with Crippen LogP contribution in [-0.2, 0) is 4.79 Å². The van der Waals surface area contributed by atoms with Gasteiger partial charge in [-0.25, -0.2) is 4.39 Å². The van der Waals surface area contributed by atoms with Crippen molar-refractivity contribution in [2.45, 2.75) is 31.7 Å². The number of fused-ring (bicyclic) bond motifs is 2. The maximum absolute atomic E-state index is 13.8. The van der Waals surface area contributed by atoms with Crippen molar-refractivity contribution in [3.63, 3.8) is 0 Å². The Balaban J connectivity index is 1.24. The van der Waals surface area contributed by atoms with Gasteiger partial charge in [-0.1, -0.05) is 11.6 Å². The maximum atomic E-state index is 13.8. The highest BCUT2D eigenvalue weighted by molar-refractivity contribution is 6.30. The molecule has 0 spiro atoms. The van der Waals surface area contributed by atoms with Gasteiger partial charge in [0.05, 0.1) is 11.6 Å². The standard InChI is InChI=1S/C25H25ClFN3O/c1-15(25(31)29-21-5-2-19(26)3-6-21)30-13-17-10-16(11-18(17)14-30)22-8-9-28-24-7-4-20(27)12-23(22)24/h2-9,12,15-18H,10-11,13-14H2,1H3,(H,29,31)/t15?,16?,17-,18?/m1/s1. The van der Waals surface area contributed by atoms with Crippen LogP contribution in [0.2, 0.25) is 5.02 Å². The molecule has 2 aromatic carbocycles. The summed E-state index contributed by atoms with van der Waals surface area (Å²) in [6.45, 7) is 3.82. The van der Waals surface area contributed by atoms with E-state index < -0.39 is 0 Å². The van der Waals surface area contributed by atoms with Crippen molar-refractivity contribution < 1.29 is 9.18 Å². The molecule has 5 rings (SSSR count). The number of nitrogens with one attached hydrogen (secondary N) is 1. The number of likely N-dealkylation sites (tertiary alicyclic amines) is 1. The summed E-state index contributed by atoms with van der Waals surface area (Å²) in [6.07, 6.45) is 3.98. The van der Waals surface area contributed by atoms with E-state index in [0.29, 0.717) is 22.8 Å². The molecule has 1 aromatic heterocycles. The van der Waals surface area contributed by atoms with Crippen molar-refractivity contribution in [1.82, 2.24) is 9.88 Å². The zero-order valence-corrected chi connectivity index (χ0v) is 18.1. The van der Waals surface area contributed by atoms with Gasteiger partial charge >= 0.3 is 0 Å². The number of anilines is 1. The Morgan fingerprint density at radius 3 is 2.55 bits per heavy atom. The van der Waals surface area contributed by atoms with Crippen molar-refractivity contribution in [2.24, 2.45) is 11.8 Å². The fraction of sp³-hybridized carbons (Fsp3) is 0.360. The summed E-state index contributed by atoms with van der Waals surface area (Å²) in [5.74, 6) is 1.34. The quantitative estimate of drug-likeness (QED) is 0.587. The van der Waals surface area contributed by atoms with E-state index >= 15 is 0 Å². The molecule has 0 bridgehead atoms. The van der Waals surface area contributed by atoms with Crippen LogP contribution in [0.5, 0.6) is 0 Å². The molecule has 1 aliphatic carbocycles. The molecule has 1 amide bonds. The number of carbonyl (C=O) groups is 1. The second-order valence-corrected chi connectivity index (χ2v) is 9.31. The van der Waals surface area contributed by atoms with Crippen LogP contribution in [0.15, 0.2) is 54.7 Å². The lowest BCUT2D eigenvalue weighted by Crippen LogP contribution is -2.41. The molecule has 6 heteroatoms. The highest BCUT2D eigenvalue weighted by atomic mass is 35.5. The Hall–Kier alpha value is -2.50. The second-order valence-electron chi connectivity index (χ2n) is 8.88. The molecular weight excluding hydrogens is 413 g/mol.